The fourth-order valence-electron chi connectivity index (χ4n) is 6.09. The predicted octanol–water partition coefficient (Wildman–Crippen LogP) is 8.00. The molecule has 0 unspecified atom stereocenters. The maximum absolute atomic E-state index is 5.36. The number of rotatable bonds is 3. The van der Waals surface area contributed by atoms with E-state index in [0.29, 0.717) is 0 Å². The lowest BCUT2D eigenvalue weighted by Gasteiger charge is -2.17. The van der Waals surface area contributed by atoms with Gasteiger partial charge in [-0.25, -0.2) is 4.98 Å². The summed E-state index contributed by atoms with van der Waals surface area (Å²) in [4.78, 5) is 14.5. The molecular weight excluding hydrogens is 466 g/mol. The van der Waals surface area contributed by atoms with Crippen LogP contribution in [-0.4, -0.2) is 24.1 Å². The van der Waals surface area contributed by atoms with Gasteiger partial charge in [-0.3, -0.25) is 14.5 Å². The van der Waals surface area contributed by atoms with Crippen molar-refractivity contribution in [1.29, 1.82) is 0 Å². The molecule has 0 saturated heterocycles. The average molecular weight is 492 g/mol. The Bertz CT molecular complexity index is 2010. The molecule has 5 aromatic heterocycles. The molecule has 0 amide bonds. The topological polar surface area (TPSA) is 48.5 Å². The first kappa shape index (κ1) is 21.3. The largest absolute Gasteiger partial charge is 0.310 e. The first-order valence-electron chi connectivity index (χ1n) is 13.2. The molecule has 5 heteroatoms. The van der Waals surface area contributed by atoms with E-state index in [1.165, 1.54) is 38.8 Å². The van der Waals surface area contributed by atoms with Crippen molar-refractivity contribution in [1.82, 2.24) is 24.1 Å². The zero-order chi connectivity index (χ0) is 25.1. The lowest BCUT2D eigenvalue weighted by molar-refractivity contribution is 0.972. The summed E-state index contributed by atoms with van der Waals surface area (Å²) in [5, 5.41) is 2.41. The molecule has 2 aliphatic rings. The lowest BCUT2D eigenvalue weighted by Crippen LogP contribution is -2.02. The van der Waals surface area contributed by atoms with Gasteiger partial charge in [0.15, 0.2) is 0 Å². The third-order valence-electron chi connectivity index (χ3n) is 7.85. The molecule has 38 heavy (non-hydrogen) atoms. The number of hydrogen-bond acceptors (Lipinski definition) is 3. The predicted molar refractivity (Wildman–Crippen MR) is 156 cm³/mol. The van der Waals surface area contributed by atoms with E-state index in [0.717, 1.165) is 53.4 Å². The van der Waals surface area contributed by atoms with E-state index >= 15 is 0 Å². The second-order valence-electron chi connectivity index (χ2n) is 10.0. The number of pyridine rings is 3. The highest BCUT2D eigenvalue weighted by molar-refractivity contribution is 6.15. The molecule has 1 aromatic carbocycles. The van der Waals surface area contributed by atoms with Crippen molar-refractivity contribution >= 4 is 61.0 Å². The van der Waals surface area contributed by atoms with E-state index in [4.69, 9.17) is 9.97 Å². The number of nitrogens with zero attached hydrogens (tertiary/aromatic N) is 5. The molecule has 8 rings (SSSR count). The monoisotopic (exact) mass is 491 g/mol. The molecule has 5 nitrogen and oxygen atoms in total. The Morgan fingerprint density at radius 1 is 0.684 bits per heavy atom. The Kier molecular flexibility index (Phi) is 4.71. The molecule has 0 aliphatic heterocycles. The van der Waals surface area contributed by atoms with Crippen molar-refractivity contribution in [3.05, 3.63) is 109 Å². The summed E-state index contributed by atoms with van der Waals surface area (Å²) in [6.45, 7) is 0. The third kappa shape index (κ3) is 3.15. The van der Waals surface area contributed by atoms with Gasteiger partial charge in [-0.15, -0.1) is 0 Å². The molecule has 0 saturated carbocycles. The van der Waals surface area contributed by atoms with E-state index in [1.54, 1.807) is 0 Å². The van der Waals surface area contributed by atoms with E-state index in [-0.39, 0.29) is 0 Å². The van der Waals surface area contributed by atoms with Gasteiger partial charge >= 0.3 is 0 Å². The SMILES string of the molecule is C1=CCCC(n2c3ccccc3c3cc4c(nc32)c2ncccc2n4C2=CC=C(c3cccnc3)CC2)=C1. The molecule has 0 spiro atoms. The standard InChI is InChI=1S/C33H25N5/c1-2-9-24(10-3-1)38-28-12-5-4-11-26(28)27-20-30-32(36-33(27)38)31-29(13-7-19-35-31)37(30)25-16-14-22(15-17-25)23-8-6-18-34-21-23/h1-2,4-9,11-14,16,18-21H,3,10,15,17H2. The van der Waals surface area contributed by atoms with Crippen molar-refractivity contribution < 1.29 is 0 Å². The van der Waals surface area contributed by atoms with Crippen LogP contribution in [0.3, 0.4) is 0 Å². The number of aromatic nitrogens is 5. The second-order valence-corrected chi connectivity index (χ2v) is 10.0. The van der Waals surface area contributed by atoms with Crippen molar-refractivity contribution in [3.63, 3.8) is 0 Å². The van der Waals surface area contributed by atoms with Crippen molar-refractivity contribution in [3.8, 4) is 0 Å². The quantitative estimate of drug-likeness (QED) is 0.252. The van der Waals surface area contributed by atoms with Crippen LogP contribution in [0.15, 0.2) is 104 Å². The number of fused-ring (bicyclic) bond motifs is 6. The first-order valence-corrected chi connectivity index (χ1v) is 13.2. The smallest absolute Gasteiger partial charge is 0.146 e. The fraction of sp³-hybridized carbons (Fsp3) is 0.121. The maximum atomic E-state index is 5.36. The molecule has 2 aliphatic carbocycles. The van der Waals surface area contributed by atoms with Gasteiger partial charge in [-0.1, -0.05) is 42.5 Å². The second kappa shape index (κ2) is 8.38. The molecule has 0 fully saturated rings. The summed E-state index contributed by atoms with van der Waals surface area (Å²) in [6.07, 6.45) is 20.7. The minimum atomic E-state index is 0.938. The van der Waals surface area contributed by atoms with Crippen LogP contribution < -0.4 is 0 Å². The number of benzene rings is 1. The minimum Gasteiger partial charge on any atom is -0.310 e. The van der Waals surface area contributed by atoms with Gasteiger partial charge in [-0.2, -0.15) is 0 Å². The Labute approximate surface area is 219 Å². The minimum absolute atomic E-state index is 0.938. The lowest BCUT2D eigenvalue weighted by atomic mass is 9.97. The van der Waals surface area contributed by atoms with Crippen LogP contribution in [0.25, 0.3) is 61.0 Å². The van der Waals surface area contributed by atoms with E-state index in [1.807, 2.05) is 30.7 Å². The van der Waals surface area contributed by atoms with E-state index in [9.17, 15) is 0 Å². The summed E-state index contributed by atoms with van der Waals surface area (Å²) < 4.78 is 4.72. The highest BCUT2D eigenvalue weighted by atomic mass is 15.1. The summed E-state index contributed by atoms with van der Waals surface area (Å²) in [6, 6.07) is 19.3. The summed E-state index contributed by atoms with van der Waals surface area (Å²) in [5.41, 5.74) is 11.4. The van der Waals surface area contributed by atoms with Crippen molar-refractivity contribution in [2.45, 2.75) is 25.7 Å². The van der Waals surface area contributed by atoms with Gasteiger partial charge in [0.1, 0.15) is 16.7 Å². The Balaban J connectivity index is 1.41. The van der Waals surface area contributed by atoms with Crippen LogP contribution in [0, 0.1) is 0 Å². The summed E-state index contributed by atoms with van der Waals surface area (Å²) in [5.74, 6) is 0. The zero-order valence-electron chi connectivity index (χ0n) is 20.9. The fourth-order valence-corrected chi connectivity index (χ4v) is 6.09. The molecule has 0 N–H and O–H groups in total. The number of allylic oxidation sites excluding steroid dienone is 8. The number of hydrogen-bond donors (Lipinski definition) is 0. The Morgan fingerprint density at radius 3 is 2.42 bits per heavy atom. The van der Waals surface area contributed by atoms with Crippen LogP contribution in [0.4, 0.5) is 0 Å². The van der Waals surface area contributed by atoms with Crippen molar-refractivity contribution in [2.24, 2.45) is 0 Å². The van der Waals surface area contributed by atoms with Crippen LogP contribution in [0.2, 0.25) is 0 Å². The third-order valence-corrected chi connectivity index (χ3v) is 7.85. The van der Waals surface area contributed by atoms with Gasteiger partial charge in [0.2, 0.25) is 0 Å². The van der Waals surface area contributed by atoms with Crippen LogP contribution >= 0.6 is 0 Å². The van der Waals surface area contributed by atoms with Gasteiger partial charge in [0.25, 0.3) is 0 Å². The maximum Gasteiger partial charge on any atom is 0.146 e. The first-order chi connectivity index (χ1) is 18.9. The van der Waals surface area contributed by atoms with Gasteiger partial charge in [0.05, 0.1) is 16.6 Å². The van der Waals surface area contributed by atoms with Crippen molar-refractivity contribution in [2.75, 3.05) is 0 Å². The molecule has 0 bridgehead atoms. The highest BCUT2D eigenvalue weighted by Crippen LogP contribution is 2.39. The summed E-state index contributed by atoms with van der Waals surface area (Å²) >= 11 is 0. The molecule has 5 heterocycles. The summed E-state index contributed by atoms with van der Waals surface area (Å²) in [7, 11) is 0. The average Bonchev–Trinajstić information content (AvgIpc) is 3.49. The Morgan fingerprint density at radius 2 is 1.58 bits per heavy atom. The molecule has 0 atom stereocenters. The van der Waals surface area contributed by atoms with E-state index in [2.05, 4.69) is 87.0 Å². The molecule has 182 valence electrons. The van der Waals surface area contributed by atoms with Gasteiger partial charge in [-0.05, 0) is 79.3 Å². The normalized spacial score (nSPS) is 15.8. The van der Waals surface area contributed by atoms with Crippen LogP contribution in [-0.2, 0) is 0 Å². The highest BCUT2D eigenvalue weighted by Gasteiger charge is 2.22. The molecular formula is C33H25N5. The van der Waals surface area contributed by atoms with Crippen LogP contribution in [0.1, 0.15) is 31.2 Å². The van der Waals surface area contributed by atoms with Gasteiger partial charge in [0, 0.05) is 40.8 Å². The van der Waals surface area contributed by atoms with Crippen LogP contribution in [0.5, 0.6) is 0 Å². The zero-order valence-corrected chi connectivity index (χ0v) is 20.9. The molecule has 0 radical (unpaired) electrons. The number of para-hydroxylation sites is 1. The molecule has 6 aromatic rings. The van der Waals surface area contributed by atoms with Gasteiger partial charge < -0.3 is 4.57 Å². The Hall–Kier alpha value is -4.77. The van der Waals surface area contributed by atoms with E-state index < -0.39 is 0 Å².